The number of fused-ring (bicyclic) bond motifs is 1. The van der Waals surface area contributed by atoms with Crippen LogP contribution >= 0.6 is 11.6 Å². The largest absolute Gasteiger partial charge is 0.478 e. The zero-order valence-electron chi connectivity index (χ0n) is 21.6. The lowest BCUT2D eigenvalue weighted by Crippen LogP contribution is -2.45. The normalized spacial score (nSPS) is 14.3. The van der Waals surface area contributed by atoms with Gasteiger partial charge in [0.25, 0.3) is 11.8 Å². The number of halogens is 2. The van der Waals surface area contributed by atoms with Crippen molar-refractivity contribution in [1.29, 1.82) is 0 Å². The zero-order chi connectivity index (χ0) is 29.4. The van der Waals surface area contributed by atoms with Gasteiger partial charge in [0.15, 0.2) is 11.5 Å². The molecule has 0 fully saturated rings. The first-order valence-corrected chi connectivity index (χ1v) is 13.0. The van der Waals surface area contributed by atoms with Gasteiger partial charge in [-0.15, -0.1) is 15.3 Å². The fourth-order valence-electron chi connectivity index (χ4n) is 4.92. The van der Waals surface area contributed by atoms with Crippen molar-refractivity contribution in [1.82, 2.24) is 34.7 Å². The highest BCUT2D eigenvalue weighted by Gasteiger charge is 2.38. The summed E-state index contributed by atoms with van der Waals surface area (Å²) in [6.45, 7) is 0.152. The lowest BCUT2D eigenvalue weighted by molar-refractivity contribution is -0.121. The fraction of sp³-hybridized carbons (Fsp3) is 0.107. The van der Waals surface area contributed by atoms with Gasteiger partial charge < -0.3 is 15.3 Å². The van der Waals surface area contributed by atoms with E-state index in [0.29, 0.717) is 17.7 Å². The van der Waals surface area contributed by atoms with Crippen molar-refractivity contribution < 1.29 is 23.9 Å². The Bertz CT molecular complexity index is 1820. The van der Waals surface area contributed by atoms with E-state index in [2.05, 4.69) is 25.8 Å². The maximum atomic E-state index is 14.6. The van der Waals surface area contributed by atoms with Crippen LogP contribution in [-0.2, 0) is 11.2 Å². The van der Waals surface area contributed by atoms with Crippen LogP contribution in [0.5, 0.6) is 0 Å². The minimum Gasteiger partial charge on any atom is -0.478 e. The molecule has 2 aromatic heterocycles. The minimum absolute atomic E-state index is 0.00993. The van der Waals surface area contributed by atoms with Gasteiger partial charge in [-0.25, -0.2) is 13.9 Å². The molecule has 0 saturated heterocycles. The molecule has 0 bridgehead atoms. The summed E-state index contributed by atoms with van der Waals surface area (Å²) in [5.74, 6) is -2.94. The second kappa shape index (κ2) is 10.9. The summed E-state index contributed by atoms with van der Waals surface area (Å²) in [5.41, 5.74) is 2.48. The van der Waals surface area contributed by atoms with Crippen LogP contribution in [0.15, 0.2) is 79.5 Å². The van der Waals surface area contributed by atoms with E-state index >= 15 is 0 Å². The zero-order valence-corrected chi connectivity index (χ0v) is 22.3. The van der Waals surface area contributed by atoms with Crippen molar-refractivity contribution in [2.24, 2.45) is 0 Å². The van der Waals surface area contributed by atoms with E-state index in [0.717, 1.165) is 15.9 Å². The average molecular weight is 587 g/mol. The number of anilines is 1. The quantitative estimate of drug-likeness (QED) is 0.306. The lowest BCUT2D eigenvalue weighted by atomic mass is 9.90. The Morgan fingerprint density at radius 2 is 1.69 bits per heavy atom. The predicted octanol–water partition coefficient (Wildman–Crippen LogP) is 3.72. The monoisotopic (exact) mass is 586 g/mol. The summed E-state index contributed by atoms with van der Waals surface area (Å²) in [6.07, 6.45) is 4.77. The molecular formula is C28H20ClFN8O4. The van der Waals surface area contributed by atoms with E-state index in [1.54, 1.807) is 35.4 Å². The maximum absolute atomic E-state index is 14.6. The number of aromatic nitrogens is 6. The topological polar surface area (TPSA) is 148 Å². The van der Waals surface area contributed by atoms with Crippen LogP contribution in [0.3, 0.4) is 0 Å². The summed E-state index contributed by atoms with van der Waals surface area (Å²) in [4.78, 5) is 40.3. The third kappa shape index (κ3) is 4.86. The van der Waals surface area contributed by atoms with E-state index in [1.165, 1.54) is 47.5 Å². The molecule has 1 aliphatic heterocycles. The SMILES string of the molecule is O=C(O)c1ccc(NC(=O)C2c3cccc(-n4cnnc4)c3CCN2C(=O)c2cn(-c3cccc(Cl)c3F)nn2)cc1. The second-order valence-electron chi connectivity index (χ2n) is 9.36. The van der Waals surface area contributed by atoms with Gasteiger partial charge in [-0.05, 0) is 60.0 Å². The Labute approximate surface area is 242 Å². The number of amides is 2. The molecule has 42 heavy (non-hydrogen) atoms. The summed E-state index contributed by atoms with van der Waals surface area (Å²) in [5, 5.41) is 27.5. The first kappa shape index (κ1) is 26.8. The highest BCUT2D eigenvalue weighted by Crippen LogP contribution is 2.35. The van der Waals surface area contributed by atoms with Gasteiger partial charge in [0.05, 0.1) is 22.5 Å². The van der Waals surface area contributed by atoms with Crippen LogP contribution in [0, 0.1) is 5.82 Å². The second-order valence-corrected chi connectivity index (χ2v) is 9.77. The van der Waals surface area contributed by atoms with Gasteiger partial charge in [0.2, 0.25) is 0 Å². The molecule has 0 spiro atoms. The number of carbonyl (C=O) groups excluding carboxylic acids is 2. The predicted molar refractivity (Wildman–Crippen MR) is 147 cm³/mol. The Balaban J connectivity index is 1.37. The first-order chi connectivity index (χ1) is 20.3. The van der Waals surface area contributed by atoms with Gasteiger partial charge >= 0.3 is 5.97 Å². The standard InChI is InChI=1S/C28H20ClFN8O4/c29-20-4-2-6-23(24(20)30)38-13-21(34-35-38)27(40)37-12-11-18-19(3-1-5-22(18)36-14-31-32-15-36)25(37)26(39)33-17-9-7-16(8-10-17)28(41)42/h1-10,13-15,25H,11-12H2,(H,33,39)(H,41,42). The molecule has 6 rings (SSSR count). The Morgan fingerprint density at radius 3 is 2.43 bits per heavy atom. The molecule has 0 radical (unpaired) electrons. The van der Waals surface area contributed by atoms with Gasteiger partial charge in [0, 0.05) is 12.2 Å². The van der Waals surface area contributed by atoms with E-state index in [4.69, 9.17) is 11.6 Å². The van der Waals surface area contributed by atoms with Crippen LogP contribution in [0.25, 0.3) is 11.4 Å². The molecule has 1 unspecified atom stereocenters. The number of carboxylic acid groups (broad SMARTS) is 1. The number of rotatable bonds is 6. The molecule has 3 aromatic carbocycles. The molecule has 1 atom stereocenters. The number of aromatic carboxylic acids is 1. The summed E-state index contributed by atoms with van der Waals surface area (Å²) >= 11 is 5.90. The Hall–Kier alpha value is -5.43. The average Bonchev–Trinajstić information content (AvgIpc) is 3.71. The van der Waals surface area contributed by atoms with Crippen molar-refractivity contribution in [3.05, 3.63) is 113 Å². The highest BCUT2D eigenvalue weighted by molar-refractivity contribution is 6.30. The van der Waals surface area contributed by atoms with Crippen molar-refractivity contribution in [3.8, 4) is 11.4 Å². The number of nitrogens with one attached hydrogen (secondary N) is 1. The molecule has 3 heterocycles. The molecule has 14 heteroatoms. The van der Waals surface area contributed by atoms with E-state index in [9.17, 15) is 23.9 Å². The number of benzene rings is 3. The Morgan fingerprint density at radius 1 is 0.976 bits per heavy atom. The molecule has 2 amide bonds. The van der Waals surface area contributed by atoms with Crippen LogP contribution in [0.4, 0.5) is 10.1 Å². The third-order valence-corrected chi connectivity index (χ3v) is 7.18. The maximum Gasteiger partial charge on any atom is 0.335 e. The summed E-state index contributed by atoms with van der Waals surface area (Å²) in [6, 6.07) is 14.4. The third-order valence-electron chi connectivity index (χ3n) is 6.89. The van der Waals surface area contributed by atoms with Gasteiger partial charge in [0.1, 0.15) is 24.4 Å². The van der Waals surface area contributed by atoms with Crippen LogP contribution in [0.1, 0.15) is 38.0 Å². The van der Waals surface area contributed by atoms with Gasteiger partial charge in [-0.1, -0.05) is 35.0 Å². The summed E-state index contributed by atoms with van der Waals surface area (Å²) in [7, 11) is 0. The van der Waals surface area contributed by atoms with E-state index in [1.807, 2.05) is 6.07 Å². The molecular weight excluding hydrogens is 567 g/mol. The summed E-state index contributed by atoms with van der Waals surface area (Å²) < 4.78 is 17.4. The van der Waals surface area contributed by atoms with Crippen LogP contribution in [-0.4, -0.2) is 64.1 Å². The van der Waals surface area contributed by atoms with Crippen molar-refractivity contribution in [3.63, 3.8) is 0 Å². The number of hydrogen-bond donors (Lipinski definition) is 2. The molecule has 5 aromatic rings. The number of nitrogens with zero attached hydrogens (tertiary/aromatic N) is 7. The minimum atomic E-state index is -1.10. The highest BCUT2D eigenvalue weighted by atomic mass is 35.5. The number of carbonyl (C=O) groups is 3. The molecule has 210 valence electrons. The first-order valence-electron chi connectivity index (χ1n) is 12.6. The molecule has 1 aliphatic rings. The van der Waals surface area contributed by atoms with E-state index < -0.39 is 29.6 Å². The van der Waals surface area contributed by atoms with Crippen molar-refractivity contribution >= 4 is 35.1 Å². The molecule has 2 N–H and O–H groups in total. The van der Waals surface area contributed by atoms with Crippen molar-refractivity contribution in [2.75, 3.05) is 11.9 Å². The molecule has 0 saturated carbocycles. The molecule has 0 aliphatic carbocycles. The van der Waals surface area contributed by atoms with Gasteiger partial charge in [-0.3, -0.25) is 14.2 Å². The van der Waals surface area contributed by atoms with Crippen LogP contribution in [0.2, 0.25) is 5.02 Å². The van der Waals surface area contributed by atoms with Gasteiger partial charge in [-0.2, -0.15) is 0 Å². The number of hydrogen-bond acceptors (Lipinski definition) is 7. The molecule has 12 nitrogen and oxygen atoms in total. The Kier molecular flexibility index (Phi) is 6.92. The smallest absolute Gasteiger partial charge is 0.335 e. The van der Waals surface area contributed by atoms with Crippen LogP contribution < -0.4 is 5.32 Å². The fourth-order valence-corrected chi connectivity index (χ4v) is 5.09. The lowest BCUT2D eigenvalue weighted by Gasteiger charge is -2.36. The van der Waals surface area contributed by atoms with E-state index in [-0.39, 0.29) is 28.5 Å². The number of carboxylic acids is 1. The van der Waals surface area contributed by atoms with Crippen molar-refractivity contribution in [2.45, 2.75) is 12.5 Å².